The standard InChI is InChI=1S/C12H20N4O2/c1-3-12(4-2,7-13)10(17)14-11-16-15-9(18-11)8-5-6-8/h8H,3-7,13H2,1-2H3,(H,14,16,17). The molecule has 1 aromatic rings. The number of rotatable bonds is 6. The molecule has 1 aromatic heterocycles. The lowest BCUT2D eigenvalue weighted by molar-refractivity contribution is -0.125. The quantitative estimate of drug-likeness (QED) is 0.802. The molecule has 1 fully saturated rings. The molecule has 0 bridgehead atoms. The molecule has 0 spiro atoms. The van der Waals surface area contributed by atoms with Gasteiger partial charge in [0.1, 0.15) is 0 Å². The Balaban J connectivity index is 2.04. The largest absolute Gasteiger partial charge is 0.408 e. The van der Waals surface area contributed by atoms with E-state index in [4.69, 9.17) is 10.2 Å². The summed E-state index contributed by atoms with van der Waals surface area (Å²) < 4.78 is 5.41. The van der Waals surface area contributed by atoms with Gasteiger partial charge in [-0.3, -0.25) is 10.1 Å². The lowest BCUT2D eigenvalue weighted by atomic mass is 9.81. The molecule has 3 N–H and O–H groups in total. The summed E-state index contributed by atoms with van der Waals surface area (Å²) in [6.45, 7) is 4.23. The zero-order valence-electron chi connectivity index (χ0n) is 10.9. The van der Waals surface area contributed by atoms with Crippen molar-refractivity contribution < 1.29 is 9.21 Å². The molecule has 0 radical (unpaired) electrons. The van der Waals surface area contributed by atoms with Crippen molar-refractivity contribution in [2.75, 3.05) is 11.9 Å². The van der Waals surface area contributed by atoms with E-state index in [2.05, 4.69) is 15.5 Å². The SMILES string of the molecule is CCC(CC)(CN)C(=O)Nc1nnc(C2CC2)o1. The summed E-state index contributed by atoms with van der Waals surface area (Å²) in [7, 11) is 0. The maximum atomic E-state index is 12.2. The number of amides is 1. The Kier molecular flexibility index (Phi) is 3.65. The third-order valence-electron chi connectivity index (χ3n) is 3.81. The summed E-state index contributed by atoms with van der Waals surface area (Å²) >= 11 is 0. The molecule has 2 rings (SSSR count). The maximum absolute atomic E-state index is 12.2. The van der Waals surface area contributed by atoms with Gasteiger partial charge in [-0.1, -0.05) is 18.9 Å². The number of nitrogens with one attached hydrogen (secondary N) is 1. The molecule has 1 saturated carbocycles. The predicted molar refractivity (Wildman–Crippen MR) is 67.0 cm³/mol. The Hall–Kier alpha value is -1.43. The molecule has 0 unspecified atom stereocenters. The first-order chi connectivity index (χ1) is 8.65. The molecule has 0 aliphatic heterocycles. The van der Waals surface area contributed by atoms with Crippen LogP contribution in [0.2, 0.25) is 0 Å². The number of nitrogens with zero attached hydrogens (tertiary/aromatic N) is 2. The van der Waals surface area contributed by atoms with Gasteiger partial charge in [-0.05, 0) is 25.7 Å². The monoisotopic (exact) mass is 252 g/mol. The molecule has 0 atom stereocenters. The van der Waals surface area contributed by atoms with E-state index in [1.165, 1.54) is 0 Å². The molecule has 1 heterocycles. The van der Waals surface area contributed by atoms with Crippen molar-refractivity contribution in [3.8, 4) is 0 Å². The lowest BCUT2D eigenvalue weighted by Gasteiger charge is -2.27. The van der Waals surface area contributed by atoms with Crippen molar-refractivity contribution in [2.45, 2.75) is 45.4 Å². The van der Waals surface area contributed by atoms with E-state index in [1.807, 2.05) is 13.8 Å². The number of carbonyl (C=O) groups excluding carboxylic acids is 1. The minimum atomic E-state index is -0.547. The molecule has 0 aromatic carbocycles. The van der Waals surface area contributed by atoms with Gasteiger partial charge in [0, 0.05) is 12.5 Å². The van der Waals surface area contributed by atoms with Crippen molar-refractivity contribution >= 4 is 11.9 Å². The Bertz CT molecular complexity index is 413. The number of hydrogen-bond donors (Lipinski definition) is 2. The van der Waals surface area contributed by atoms with Crippen LogP contribution in [0.1, 0.15) is 51.3 Å². The Morgan fingerprint density at radius 1 is 1.44 bits per heavy atom. The van der Waals surface area contributed by atoms with Gasteiger partial charge in [0.15, 0.2) is 0 Å². The van der Waals surface area contributed by atoms with Gasteiger partial charge < -0.3 is 10.2 Å². The van der Waals surface area contributed by atoms with Crippen molar-refractivity contribution in [1.29, 1.82) is 0 Å². The number of nitrogens with two attached hydrogens (primary N) is 1. The molecular weight excluding hydrogens is 232 g/mol. The third-order valence-corrected chi connectivity index (χ3v) is 3.81. The van der Waals surface area contributed by atoms with Crippen LogP contribution in [0.25, 0.3) is 0 Å². The highest BCUT2D eigenvalue weighted by Crippen LogP contribution is 2.39. The van der Waals surface area contributed by atoms with Gasteiger partial charge in [-0.25, -0.2) is 0 Å². The van der Waals surface area contributed by atoms with Gasteiger partial charge in [-0.15, -0.1) is 5.10 Å². The van der Waals surface area contributed by atoms with Crippen LogP contribution in [0.5, 0.6) is 0 Å². The molecule has 6 heteroatoms. The van der Waals surface area contributed by atoms with E-state index in [1.54, 1.807) is 0 Å². The van der Waals surface area contributed by atoms with E-state index in [0.29, 0.717) is 31.2 Å². The van der Waals surface area contributed by atoms with Crippen molar-refractivity contribution in [1.82, 2.24) is 10.2 Å². The molecule has 0 saturated heterocycles. The molecule has 18 heavy (non-hydrogen) atoms. The number of hydrogen-bond acceptors (Lipinski definition) is 5. The summed E-state index contributed by atoms with van der Waals surface area (Å²) in [4.78, 5) is 12.2. The highest BCUT2D eigenvalue weighted by molar-refractivity contribution is 5.93. The Labute approximate surface area is 106 Å². The minimum Gasteiger partial charge on any atom is -0.408 e. The predicted octanol–water partition coefficient (Wildman–Crippen LogP) is 1.65. The second kappa shape index (κ2) is 5.06. The van der Waals surface area contributed by atoms with Gasteiger partial charge in [0.25, 0.3) is 0 Å². The van der Waals surface area contributed by atoms with Crippen molar-refractivity contribution in [2.24, 2.45) is 11.1 Å². The van der Waals surface area contributed by atoms with Gasteiger partial charge in [0.2, 0.25) is 11.8 Å². The van der Waals surface area contributed by atoms with Gasteiger partial charge in [-0.2, -0.15) is 0 Å². The first-order valence-electron chi connectivity index (χ1n) is 6.50. The summed E-state index contributed by atoms with van der Waals surface area (Å²) in [5.74, 6) is 0.873. The maximum Gasteiger partial charge on any atom is 0.322 e. The van der Waals surface area contributed by atoms with Crippen LogP contribution in [0, 0.1) is 5.41 Å². The van der Waals surface area contributed by atoms with E-state index in [9.17, 15) is 4.79 Å². The third kappa shape index (κ3) is 2.38. The van der Waals surface area contributed by atoms with Gasteiger partial charge in [0.05, 0.1) is 5.41 Å². The summed E-state index contributed by atoms with van der Waals surface area (Å²) in [6.07, 6.45) is 3.56. The summed E-state index contributed by atoms with van der Waals surface area (Å²) in [5.41, 5.74) is 5.17. The fraction of sp³-hybridized carbons (Fsp3) is 0.750. The average Bonchev–Trinajstić information content (AvgIpc) is 3.13. The molecule has 1 amide bonds. The van der Waals surface area contributed by atoms with E-state index in [0.717, 1.165) is 12.8 Å². The molecule has 1 aliphatic carbocycles. The number of anilines is 1. The molecular formula is C12H20N4O2. The zero-order valence-corrected chi connectivity index (χ0v) is 10.9. The van der Waals surface area contributed by atoms with Crippen molar-refractivity contribution in [3.63, 3.8) is 0 Å². The Morgan fingerprint density at radius 2 is 2.11 bits per heavy atom. The van der Waals surface area contributed by atoms with E-state index >= 15 is 0 Å². The minimum absolute atomic E-state index is 0.138. The fourth-order valence-corrected chi connectivity index (χ4v) is 1.96. The summed E-state index contributed by atoms with van der Waals surface area (Å²) in [6, 6.07) is 0.182. The van der Waals surface area contributed by atoms with Crippen LogP contribution in [-0.4, -0.2) is 22.6 Å². The summed E-state index contributed by atoms with van der Waals surface area (Å²) in [5, 5.41) is 10.5. The average molecular weight is 252 g/mol. The van der Waals surface area contributed by atoms with Crippen LogP contribution in [0.4, 0.5) is 6.01 Å². The number of carbonyl (C=O) groups is 1. The lowest BCUT2D eigenvalue weighted by Crippen LogP contribution is -2.41. The first-order valence-corrected chi connectivity index (χ1v) is 6.50. The second-order valence-corrected chi connectivity index (χ2v) is 4.87. The topological polar surface area (TPSA) is 94.0 Å². The molecule has 100 valence electrons. The zero-order chi connectivity index (χ0) is 13.2. The van der Waals surface area contributed by atoms with E-state index < -0.39 is 5.41 Å². The highest BCUT2D eigenvalue weighted by atomic mass is 16.4. The fourth-order valence-electron chi connectivity index (χ4n) is 1.96. The highest BCUT2D eigenvalue weighted by Gasteiger charge is 2.35. The number of aromatic nitrogens is 2. The van der Waals surface area contributed by atoms with Crippen LogP contribution >= 0.6 is 0 Å². The van der Waals surface area contributed by atoms with E-state index in [-0.39, 0.29) is 11.9 Å². The normalized spacial score (nSPS) is 15.7. The van der Waals surface area contributed by atoms with Crippen LogP contribution in [0.15, 0.2) is 4.42 Å². The molecule has 6 nitrogen and oxygen atoms in total. The van der Waals surface area contributed by atoms with Crippen LogP contribution in [0.3, 0.4) is 0 Å². The smallest absolute Gasteiger partial charge is 0.322 e. The van der Waals surface area contributed by atoms with Crippen molar-refractivity contribution in [3.05, 3.63) is 5.89 Å². The first kappa shape index (κ1) is 13.0. The second-order valence-electron chi connectivity index (χ2n) is 4.87. The van der Waals surface area contributed by atoms with Crippen LogP contribution < -0.4 is 11.1 Å². The van der Waals surface area contributed by atoms with Gasteiger partial charge >= 0.3 is 6.01 Å². The molecule has 1 aliphatic rings. The Morgan fingerprint density at radius 3 is 2.61 bits per heavy atom. The van der Waals surface area contributed by atoms with Crippen LogP contribution in [-0.2, 0) is 4.79 Å².